The summed E-state index contributed by atoms with van der Waals surface area (Å²) in [4.78, 5) is 14.1. The van der Waals surface area contributed by atoms with Gasteiger partial charge in [-0.3, -0.25) is 4.79 Å². The zero-order valence-electron chi connectivity index (χ0n) is 18.4. The van der Waals surface area contributed by atoms with E-state index in [1.165, 1.54) is 5.56 Å². The molecule has 5 nitrogen and oxygen atoms in total. The number of fused-ring (bicyclic) bond motifs is 1. The van der Waals surface area contributed by atoms with Gasteiger partial charge in [0.2, 0.25) is 5.91 Å². The predicted molar refractivity (Wildman–Crippen MR) is 131 cm³/mol. The zero-order chi connectivity index (χ0) is 22.7. The molecule has 1 fully saturated rings. The van der Waals surface area contributed by atoms with Crippen LogP contribution in [0.2, 0.25) is 10.0 Å². The molecule has 2 aromatic carbocycles. The van der Waals surface area contributed by atoms with Gasteiger partial charge < -0.3 is 20.7 Å². The Balaban J connectivity index is 1.30. The summed E-state index contributed by atoms with van der Waals surface area (Å²) < 4.78 is 6.13. The smallest absolute Gasteiger partial charge is 0.224 e. The highest BCUT2D eigenvalue weighted by Gasteiger charge is 2.26. The summed E-state index contributed by atoms with van der Waals surface area (Å²) in [6.07, 6.45) is 3.31. The number of ether oxygens (including phenoxy) is 1. The first-order valence-corrected chi connectivity index (χ1v) is 12.1. The second kappa shape index (κ2) is 10.4. The van der Waals surface area contributed by atoms with E-state index in [9.17, 15) is 4.79 Å². The average Bonchev–Trinajstić information content (AvgIpc) is 2.77. The summed E-state index contributed by atoms with van der Waals surface area (Å²) in [5, 5.41) is 4.05. The van der Waals surface area contributed by atoms with Crippen molar-refractivity contribution in [3.63, 3.8) is 0 Å². The third-order valence-corrected chi connectivity index (χ3v) is 7.26. The number of nitrogens with zero attached hydrogens (tertiary/aromatic N) is 1. The van der Waals surface area contributed by atoms with E-state index in [4.69, 9.17) is 33.7 Å². The van der Waals surface area contributed by atoms with Gasteiger partial charge in [0.25, 0.3) is 0 Å². The van der Waals surface area contributed by atoms with Gasteiger partial charge in [-0.1, -0.05) is 48.3 Å². The molecule has 0 aliphatic carbocycles. The van der Waals surface area contributed by atoms with Gasteiger partial charge in [0, 0.05) is 43.2 Å². The quantitative estimate of drug-likeness (QED) is 0.569. The van der Waals surface area contributed by atoms with E-state index >= 15 is 0 Å². The van der Waals surface area contributed by atoms with Gasteiger partial charge in [0.15, 0.2) is 0 Å². The van der Waals surface area contributed by atoms with Gasteiger partial charge in [-0.2, -0.15) is 0 Å². The van der Waals surface area contributed by atoms with Crippen molar-refractivity contribution in [1.82, 2.24) is 4.90 Å². The third kappa shape index (κ3) is 5.76. The lowest BCUT2D eigenvalue weighted by Gasteiger charge is -2.37. The van der Waals surface area contributed by atoms with Gasteiger partial charge in [0.05, 0.1) is 16.7 Å². The fourth-order valence-electron chi connectivity index (χ4n) is 4.84. The molecule has 0 aromatic heterocycles. The molecular weight excluding hydrogens is 445 g/mol. The summed E-state index contributed by atoms with van der Waals surface area (Å²) in [6.45, 7) is 5.93. The van der Waals surface area contributed by atoms with E-state index in [1.54, 1.807) is 6.07 Å². The lowest BCUT2D eigenvalue weighted by atomic mass is 9.90. The number of hydrogen-bond acceptors (Lipinski definition) is 4. The van der Waals surface area contributed by atoms with Crippen LogP contribution >= 0.6 is 23.2 Å². The number of nitrogens with one attached hydrogen (secondary N) is 1. The van der Waals surface area contributed by atoms with Crippen LogP contribution < -0.4 is 15.8 Å². The lowest BCUT2D eigenvalue weighted by molar-refractivity contribution is -0.116. The Bertz CT molecular complexity index is 968. The van der Waals surface area contributed by atoms with Crippen molar-refractivity contribution in [3.05, 3.63) is 57.6 Å². The van der Waals surface area contributed by atoms with Crippen LogP contribution in [0.5, 0.6) is 5.75 Å². The van der Waals surface area contributed by atoms with Crippen LogP contribution in [0.1, 0.15) is 43.4 Å². The van der Waals surface area contributed by atoms with E-state index in [-0.39, 0.29) is 11.9 Å². The largest absolute Gasteiger partial charge is 0.493 e. The summed E-state index contributed by atoms with van der Waals surface area (Å²) in [7, 11) is 0. The summed E-state index contributed by atoms with van der Waals surface area (Å²) in [5.74, 6) is 1.94. The van der Waals surface area contributed by atoms with Crippen LogP contribution in [0.15, 0.2) is 36.4 Å². The van der Waals surface area contributed by atoms with Gasteiger partial charge >= 0.3 is 0 Å². The van der Waals surface area contributed by atoms with E-state index in [0.29, 0.717) is 34.9 Å². The van der Waals surface area contributed by atoms with E-state index in [0.717, 1.165) is 55.9 Å². The SMILES string of the molecule is C[C@@H]1C[C@@H](COc2ccc3c(c2)NC(=O)CC3)CN(CC[C@@H](N)c2cccc(Cl)c2Cl)C1. The minimum Gasteiger partial charge on any atom is -0.493 e. The average molecular weight is 476 g/mol. The van der Waals surface area contributed by atoms with Crippen molar-refractivity contribution in [2.45, 2.75) is 38.6 Å². The molecule has 3 atom stereocenters. The maximum Gasteiger partial charge on any atom is 0.224 e. The van der Waals surface area contributed by atoms with Crippen molar-refractivity contribution in [1.29, 1.82) is 0 Å². The van der Waals surface area contributed by atoms with Crippen LogP contribution in [0.25, 0.3) is 0 Å². The number of carbonyl (C=O) groups excluding carboxylic acids is 1. The van der Waals surface area contributed by atoms with Crippen LogP contribution in [-0.4, -0.2) is 37.0 Å². The number of anilines is 1. The lowest BCUT2D eigenvalue weighted by Crippen LogP contribution is -2.42. The summed E-state index contributed by atoms with van der Waals surface area (Å²) in [6, 6.07) is 11.5. The molecule has 2 heterocycles. The third-order valence-electron chi connectivity index (χ3n) is 6.42. The molecule has 1 saturated heterocycles. The molecule has 0 unspecified atom stereocenters. The molecule has 3 N–H and O–H groups in total. The zero-order valence-corrected chi connectivity index (χ0v) is 20.0. The van der Waals surface area contributed by atoms with Crippen molar-refractivity contribution in [2.75, 3.05) is 31.6 Å². The minimum absolute atomic E-state index is 0.0728. The Hall–Kier alpha value is -1.79. The molecule has 172 valence electrons. The van der Waals surface area contributed by atoms with E-state index < -0.39 is 0 Å². The number of benzene rings is 2. The molecule has 2 aliphatic heterocycles. The molecular formula is C25H31Cl2N3O2. The number of nitrogens with two attached hydrogens (primary N) is 1. The van der Waals surface area contributed by atoms with E-state index in [1.807, 2.05) is 24.3 Å². The molecule has 7 heteroatoms. The van der Waals surface area contributed by atoms with Gasteiger partial charge in [-0.25, -0.2) is 0 Å². The Kier molecular flexibility index (Phi) is 7.62. The molecule has 2 aromatic rings. The Morgan fingerprint density at radius 3 is 2.91 bits per heavy atom. The molecule has 0 bridgehead atoms. The topological polar surface area (TPSA) is 67.6 Å². The molecule has 1 amide bonds. The van der Waals surface area contributed by atoms with Gasteiger partial charge in [-0.15, -0.1) is 0 Å². The van der Waals surface area contributed by atoms with Crippen molar-refractivity contribution < 1.29 is 9.53 Å². The van der Waals surface area contributed by atoms with Crippen molar-refractivity contribution in [2.24, 2.45) is 17.6 Å². The second-order valence-electron chi connectivity index (χ2n) is 9.18. The van der Waals surface area contributed by atoms with E-state index in [2.05, 4.69) is 23.2 Å². The molecule has 2 aliphatic rings. The van der Waals surface area contributed by atoms with Crippen molar-refractivity contribution >= 4 is 34.8 Å². The number of halogens is 2. The number of likely N-dealkylation sites (tertiary alicyclic amines) is 1. The molecule has 0 saturated carbocycles. The normalized spacial score (nSPS) is 22.2. The van der Waals surface area contributed by atoms with Crippen LogP contribution in [0.4, 0.5) is 5.69 Å². The first kappa shape index (κ1) is 23.4. The predicted octanol–water partition coefficient (Wildman–Crippen LogP) is 5.31. The molecule has 4 rings (SSSR count). The molecule has 32 heavy (non-hydrogen) atoms. The number of piperidine rings is 1. The van der Waals surface area contributed by atoms with Gasteiger partial charge in [0.1, 0.15) is 5.75 Å². The maximum atomic E-state index is 11.7. The Labute approximate surface area is 200 Å². The standard InChI is InChI=1S/C25H31Cl2N3O2/c1-16-11-17(15-32-19-7-5-18-6-8-24(31)29-23(18)12-19)14-30(13-16)10-9-22(28)20-3-2-4-21(26)25(20)27/h2-5,7,12,16-17,22H,6,8-11,13-15,28H2,1H3,(H,29,31)/t16-,17-,22-/m1/s1. The number of rotatable bonds is 7. The first-order valence-electron chi connectivity index (χ1n) is 11.4. The first-order chi connectivity index (χ1) is 15.4. The fraction of sp³-hybridized carbons (Fsp3) is 0.480. The second-order valence-corrected chi connectivity index (χ2v) is 9.97. The van der Waals surface area contributed by atoms with Crippen LogP contribution in [0.3, 0.4) is 0 Å². The molecule has 0 spiro atoms. The highest BCUT2D eigenvalue weighted by Crippen LogP contribution is 2.31. The van der Waals surface area contributed by atoms with Crippen molar-refractivity contribution in [3.8, 4) is 5.75 Å². The maximum absolute atomic E-state index is 11.7. The summed E-state index contributed by atoms with van der Waals surface area (Å²) in [5.41, 5.74) is 9.39. The fourth-order valence-corrected chi connectivity index (χ4v) is 5.29. The summed E-state index contributed by atoms with van der Waals surface area (Å²) >= 11 is 12.5. The number of carbonyl (C=O) groups is 1. The Morgan fingerprint density at radius 2 is 2.06 bits per heavy atom. The number of hydrogen-bond donors (Lipinski definition) is 2. The number of aryl methyl sites for hydroxylation is 1. The number of amides is 1. The highest BCUT2D eigenvalue weighted by molar-refractivity contribution is 6.42. The van der Waals surface area contributed by atoms with Gasteiger partial charge in [-0.05, 0) is 55.0 Å². The monoisotopic (exact) mass is 475 g/mol. The minimum atomic E-state index is -0.140. The Morgan fingerprint density at radius 1 is 1.22 bits per heavy atom. The van der Waals surface area contributed by atoms with Crippen LogP contribution in [-0.2, 0) is 11.2 Å². The molecule has 0 radical (unpaired) electrons. The highest BCUT2D eigenvalue weighted by atomic mass is 35.5. The van der Waals surface area contributed by atoms with Crippen LogP contribution in [0, 0.1) is 11.8 Å².